The fourth-order valence-corrected chi connectivity index (χ4v) is 1.37. The smallest absolute Gasteiger partial charge is 0.407 e. The lowest BCUT2D eigenvalue weighted by atomic mass is 9.87. The van der Waals surface area contributed by atoms with Gasteiger partial charge in [0, 0.05) is 6.54 Å². The van der Waals surface area contributed by atoms with Crippen LogP contribution in [0.15, 0.2) is 12.7 Å². The summed E-state index contributed by atoms with van der Waals surface area (Å²) in [6.45, 7) is 10.8. The van der Waals surface area contributed by atoms with E-state index in [1.807, 2.05) is 0 Å². The van der Waals surface area contributed by atoms with Gasteiger partial charge in [-0.2, -0.15) is 0 Å². The Labute approximate surface area is 109 Å². The summed E-state index contributed by atoms with van der Waals surface area (Å²) in [5.74, 6) is -0.390. The summed E-state index contributed by atoms with van der Waals surface area (Å²) in [5.41, 5.74) is -1.39. The number of nitrogens with one attached hydrogen (secondary N) is 1. The summed E-state index contributed by atoms with van der Waals surface area (Å²) in [4.78, 5) is 23.2. The minimum absolute atomic E-state index is 0.139. The van der Waals surface area contributed by atoms with E-state index in [4.69, 9.17) is 9.47 Å². The largest absolute Gasteiger partial charge is 0.469 e. The fraction of sp³-hybridized carbons (Fsp3) is 0.692. The highest BCUT2D eigenvalue weighted by Crippen LogP contribution is 2.22. The second-order valence-electron chi connectivity index (χ2n) is 5.40. The molecule has 1 atom stereocenters. The van der Waals surface area contributed by atoms with Gasteiger partial charge in [0.1, 0.15) is 5.60 Å². The van der Waals surface area contributed by atoms with Crippen molar-refractivity contribution in [2.75, 3.05) is 13.7 Å². The van der Waals surface area contributed by atoms with Gasteiger partial charge in [0.15, 0.2) is 0 Å². The lowest BCUT2D eigenvalue weighted by Gasteiger charge is -2.26. The van der Waals surface area contributed by atoms with Crippen LogP contribution in [0.25, 0.3) is 0 Å². The Bertz CT molecular complexity index is 319. The molecular formula is C13H23NO4. The quantitative estimate of drug-likeness (QED) is 0.606. The number of hydrogen-bond acceptors (Lipinski definition) is 4. The molecule has 0 radical (unpaired) electrons. The molecule has 5 nitrogen and oxygen atoms in total. The SMILES string of the molecule is C=CC[C@@](C)(CNC(=O)OC(C)(C)C)C(=O)OC. The minimum Gasteiger partial charge on any atom is -0.469 e. The van der Waals surface area contributed by atoms with Crippen molar-refractivity contribution in [1.82, 2.24) is 5.32 Å². The molecule has 0 aliphatic rings. The van der Waals surface area contributed by atoms with Crippen molar-refractivity contribution < 1.29 is 19.1 Å². The molecule has 1 amide bonds. The highest BCUT2D eigenvalue weighted by Gasteiger charge is 2.34. The summed E-state index contributed by atoms with van der Waals surface area (Å²) in [5, 5.41) is 2.57. The molecule has 0 unspecified atom stereocenters. The molecule has 1 N–H and O–H groups in total. The van der Waals surface area contributed by atoms with Crippen LogP contribution in [0.3, 0.4) is 0 Å². The fourth-order valence-electron chi connectivity index (χ4n) is 1.37. The van der Waals surface area contributed by atoms with Crippen molar-refractivity contribution in [1.29, 1.82) is 0 Å². The minimum atomic E-state index is -0.826. The highest BCUT2D eigenvalue weighted by atomic mass is 16.6. The molecule has 0 aliphatic heterocycles. The Kier molecular flexibility index (Phi) is 5.88. The van der Waals surface area contributed by atoms with Gasteiger partial charge < -0.3 is 14.8 Å². The Morgan fingerprint density at radius 1 is 1.28 bits per heavy atom. The number of rotatable bonds is 5. The number of methoxy groups -OCH3 is 1. The molecule has 104 valence electrons. The average molecular weight is 257 g/mol. The number of hydrogen-bond donors (Lipinski definition) is 1. The van der Waals surface area contributed by atoms with Crippen molar-refractivity contribution >= 4 is 12.1 Å². The molecular weight excluding hydrogens is 234 g/mol. The summed E-state index contributed by atoms with van der Waals surface area (Å²) >= 11 is 0. The zero-order valence-electron chi connectivity index (χ0n) is 11.8. The van der Waals surface area contributed by atoms with Crippen LogP contribution in [-0.4, -0.2) is 31.3 Å². The van der Waals surface area contributed by atoms with Gasteiger partial charge in [0.05, 0.1) is 12.5 Å². The first-order chi connectivity index (χ1) is 8.14. The second kappa shape index (κ2) is 6.42. The summed E-state index contributed by atoms with van der Waals surface area (Å²) < 4.78 is 9.82. The number of alkyl carbamates (subject to hydrolysis) is 1. The Morgan fingerprint density at radius 2 is 1.83 bits per heavy atom. The molecule has 0 fully saturated rings. The number of carbonyl (C=O) groups excluding carboxylic acids is 2. The molecule has 0 aliphatic carbocycles. The molecule has 0 rings (SSSR count). The van der Waals surface area contributed by atoms with E-state index >= 15 is 0 Å². The number of allylic oxidation sites excluding steroid dienone is 1. The van der Waals surface area contributed by atoms with Crippen LogP contribution in [0.1, 0.15) is 34.1 Å². The highest BCUT2D eigenvalue weighted by molar-refractivity contribution is 5.78. The van der Waals surface area contributed by atoms with Crippen molar-refractivity contribution in [2.24, 2.45) is 5.41 Å². The normalized spacial score (nSPS) is 14.3. The van der Waals surface area contributed by atoms with Gasteiger partial charge in [-0.1, -0.05) is 6.08 Å². The van der Waals surface area contributed by atoms with E-state index in [9.17, 15) is 9.59 Å². The molecule has 0 aromatic rings. The Balaban J connectivity index is 4.49. The topological polar surface area (TPSA) is 64.6 Å². The monoisotopic (exact) mass is 257 g/mol. The average Bonchev–Trinajstić information content (AvgIpc) is 2.23. The van der Waals surface area contributed by atoms with E-state index < -0.39 is 23.1 Å². The van der Waals surface area contributed by atoms with E-state index in [0.29, 0.717) is 6.42 Å². The third kappa shape index (κ3) is 5.70. The second-order valence-corrected chi connectivity index (χ2v) is 5.40. The van der Waals surface area contributed by atoms with Crippen LogP contribution < -0.4 is 5.32 Å². The number of amides is 1. The third-order valence-corrected chi connectivity index (χ3v) is 2.29. The van der Waals surface area contributed by atoms with E-state index in [-0.39, 0.29) is 6.54 Å². The number of carbonyl (C=O) groups is 2. The van der Waals surface area contributed by atoms with Crippen LogP contribution >= 0.6 is 0 Å². The van der Waals surface area contributed by atoms with E-state index in [2.05, 4.69) is 11.9 Å². The van der Waals surface area contributed by atoms with Gasteiger partial charge >= 0.3 is 12.1 Å². The number of ether oxygens (including phenoxy) is 2. The molecule has 0 heterocycles. The van der Waals surface area contributed by atoms with Gasteiger partial charge in [-0.3, -0.25) is 4.79 Å². The Morgan fingerprint density at radius 3 is 2.22 bits per heavy atom. The van der Waals surface area contributed by atoms with Crippen molar-refractivity contribution in [3.05, 3.63) is 12.7 Å². The molecule has 0 saturated carbocycles. The summed E-state index contributed by atoms with van der Waals surface area (Å²) in [6, 6.07) is 0. The zero-order chi connectivity index (χ0) is 14.4. The van der Waals surface area contributed by atoms with E-state index in [0.717, 1.165) is 0 Å². The maximum atomic E-state index is 11.7. The molecule has 0 spiro atoms. The predicted molar refractivity (Wildman–Crippen MR) is 69.2 cm³/mol. The lowest BCUT2D eigenvalue weighted by molar-refractivity contribution is -0.151. The summed E-state index contributed by atoms with van der Waals surface area (Å²) in [6.07, 6.45) is 1.48. The lowest BCUT2D eigenvalue weighted by Crippen LogP contribution is -2.43. The predicted octanol–water partition coefficient (Wildman–Crippen LogP) is 2.27. The van der Waals surface area contributed by atoms with Gasteiger partial charge in [0.25, 0.3) is 0 Å². The van der Waals surface area contributed by atoms with Crippen molar-refractivity contribution in [2.45, 2.75) is 39.7 Å². The van der Waals surface area contributed by atoms with Gasteiger partial charge in [-0.15, -0.1) is 6.58 Å². The van der Waals surface area contributed by atoms with E-state index in [1.54, 1.807) is 33.8 Å². The van der Waals surface area contributed by atoms with Crippen LogP contribution in [0.4, 0.5) is 4.79 Å². The maximum Gasteiger partial charge on any atom is 0.407 e. The molecule has 18 heavy (non-hydrogen) atoms. The van der Waals surface area contributed by atoms with Crippen LogP contribution in [0, 0.1) is 5.41 Å². The van der Waals surface area contributed by atoms with Gasteiger partial charge in [-0.05, 0) is 34.1 Å². The van der Waals surface area contributed by atoms with Gasteiger partial charge in [0.2, 0.25) is 0 Å². The maximum absolute atomic E-state index is 11.7. The molecule has 0 bridgehead atoms. The first-order valence-corrected chi connectivity index (χ1v) is 5.81. The zero-order valence-corrected chi connectivity index (χ0v) is 11.8. The molecule has 0 aromatic carbocycles. The van der Waals surface area contributed by atoms with Crippen molar-refractivity contribution in [3.8, 4) is 0 Å². The van der Waals surface area contributed by atoms with Gasteiger partial charge in [-0.25, -0.2) is 4.79 Å². The standard InChI is InChI=1S/C13H23NO4/c1-7-8-13(5,10(15)17-6)9-14-11(16)18-12(2,3)4/h7H,1,8-9H2,2-6H3,(H,14,16)/t13-/m0/s1. The molecule has 5 heteroatoms. The summed E-state index contributed by atoms with van der Waals surface area (Å²) in [7, 11) is 1.32. The van der Waals surface area contributed by atoms with Crippen LogP contribution in [-0.2, 0) is 14.3 Å². The molecule has 0 aromatic heterocycles. The third-order valence-electron chi connectivity index (χ3n) is 2.29. The number of esters is 1. The van der Waals surface area contributed by atoms with Crippen LogP contribution in [0.5, 0.6) is 0 Å². The molecule has 0 saturated heterocycles. The van der Waals surface area contributed by atoms with Crippen molar-refractivity contribution in [3.63, 3.8) is 0 Å². The van der Waals surface area contributed by atoms with E-state index in [1.165, 1.54) is 7.11 Å². The first-order valence-electron chi connectivity index (χ1n) is 5.81. The van der Waals surface area contributed by atoms with Crippen LogP contribution in [0.2, 0.25) is 0 Å². The Hall–Kier alpha value is -1.52. The first kappa shape index (κ1) is 16.5.